The Balaban J connectivity index is 2.87. The number of esters is 2. The van der Waals surface area contributed by atoms with E-state index in [2.05, 4.69) is 9.47 Å². The number of hydrogen-bond donors (Lipinski definition) is 0. The largest absolute Gasteiger partial charge is 0.468 e. The molecule has 110 valence electrons. The first-order chi connectivity index (χ1) is 9.51. The van der Waals surface area contributed by atoms with E-state index in [0.29, 0.717) is 4.88 Å². The first-order valence-electron chi connectivity index (χ1n) is 6.03. The summed E-state index contributed by atoms with van der Waals surface area (Å²) in [6.45, 7) is 1.41. The van der Waals surface area contributed by atoms with Crippen LogP contribution < -0.4 is 0 Å². The summed E-state index contributed by atoms with van der Waals surface area (Å²) >= 11 is 1.34. The molecule has 0 spiro atoms. The number of methoxy groups -OCH3 is 2. The molecule has 0 saturated carbocycles. The zero-order valence-electron chi connectivity index (χ0n) is 11.7. The summed E-state index contributed by atoms with van der Waals surface area (Å²) in [7, 11) is 2.45. The summed E-state index contributed by atoms with van der Waals surface area (Å²) in [5, 5.41) is 0. The lowest BCUT2D eigenvalue weighted by Crippen LogP contribution is -2.39. The van der Waals surface area contributed by atoms with Gasteiger partial charge in [0.15, 0.2) is 0 Å². The van der Waals surface area contributed by atoms with Crippen LogP contribution in [0.15, 0.2) is 12.1 Å². The highest BCUT2D eigenvalue weighted by Crippen LogP contribution is 2.18. The second kappa shape index (κ2) is 7.64. The lowest BCUT2D eigenvalue weighted by atomic mass is 10.3. The first kappa shape index (κ1) is 16.2. The molecule has 0 fully saturated rings. The van der Waals surface area contributed by atoms with Gasteiger partial charge in [-0.05, 0) is 18.6 Å². The van der Waals surface area contributed by atoms with Crippen molar-refractivity contribution in [1.29, 1.82) is 0 Å². The molecule has 0 atom stereocenters. The minimum absolute atomic E-state index is 0.288. The molecule has 0 N–H and O–H groups in total. The minimum atomic E-state index is -0.588. The number of thiophene rings is 1. The zero-order valence-corrected chi connectivity index (χ0v) is 12.5. The van der Waals surface area contributed by atoms with Gasteiger partial charge in [0.05, 0.1) is 19.1 Å². The second-order valence-corrected chi connectivity index (χ2v) is 5.10. The molecule has 1 rings (SSSR count). The quantitative estimate of drug-likeness (QED) is 0.735. The minimum Gasteiger partial charge on any atom is -0.468 e. The van der Waals surface area contributed by atoms with Crippen LogP contribution in [0.5, 0.6) is 0 Å². The number of amides is 1. The van der Waals surface area contributed by atoms with Gasteiger partial charge in [-0.3, -0.25) is 14.4 Å². The maximum absolute atomic E-state index is 12.3. The van der Waals surface area contributed by atoms with Gasteiger partial charge in [-0.2, -0.15) is 0 Å². The number of aryl methyl sites for hydroxylation is 1. The maximum atomic E-state index is 12.3. The van der Waals surface area contributed by atoms with Gasteiger partial charge in [0, 0.05) is 4.88 Å². The van der Waals surface area contributed by atoms with E-state index in [1.165, 1.54) is 25.6 Å². The average Bonchev–Trinajstić information content (AvgIpc) is 2.94. The van der Waals surface area contributed by atoms with Crippen molar-refractivity contribution in [3.05, 3.63) is 21.9 Å². The zero-order chi connectivity index (χ0) is 15.1. The van der Waals surface area contributed by atoms with Crippen molar-refractivity contribution >= 4 is 29.2 Å². The molecule has 0 unspecified atom stereocenters. The van der Waals surface area contributed by atoms with Crippen molar-refractivity contribution in [1.82, 2.24) is 4.90 Å². The summed E-state index contributed by atoms with van der Waals surface area (Å²) < 4.78 is 9.05. The molecule has 6 nitrogen and oxygen atoms in total. The average molecular weight is 299 g/mol. The summed E-state index contributed by atoms with van der Waals surface area (Å²) in [5.41, 5.74) is 0. The smallest absolute Gasteiger partial charge is 0.325 e. The molecule has 0 aliphatic carbocycles. The molecule has 7 heteroatoms. The lowest BCUT2D eigenvalue weighted by molar-refractivity contribution is -0.144. The molecule has 0 aromatic carbocycles. The SMILES string of the molecule is CCc1ccc(C(=O)N(CC(=O)OC)CC(=O)OC)s1. The third kappa shape index (κ3) is 4.34. The van der Waals surface area contributed by atoms with Crippen molar-refractivity contribution in [3.8, 4) is 0 Å². The van der Waals surface area contributed by atoms with Crippen molar-refractivity contribution in [2.24, 2.45) is 0 Å². The van der Waals surface area contributed by atoms with Crippen LogP contribution in [0.1, 0.15) is 21.5 Å². The van der Waals surface area contributed by atoms with Crippen LogP contribution in [0.4, 0.5) is 0 Å². The van der Waals surface area contributed by atoms with Gasteiger partial charge in [0.25, 0.3) is 5.91 Å². The van der Waals surface area contributed by atoms with Crippen molar-refractivity contribution in [3.63, 3.8) is 0 Å². The van der Waals surface area contributed by atoms with Gasteiger partial charge in [0.1, 0.15) is 13.1 Å². The van der Waals surface area contributed by atoms with Crippen LogP contribution in [0.2, 0.25) is 0 Å². The summed E-state index contributed by atoms with van der Waals surface area (Å²) in [4.78, 5) is 37.6. The normalized spacial score (nSPS) is 9.95. The van der Waals surface area contributed by atoms with E-state index in [1.807, 2.05) is 13.0 Å². The van der Waals surface area contributed by atoms with E-state index in [9.17, 15) is 14.4 Å². The third-order valence-corrected chi connectivity index (χ3v) is 3.82. The number of nitrogens with zero attached hydrogens (tertiary/aromatic N) is 1. The van der Waals surface area contributed by atoms with Gasteiger partial charge < -0.3 is 14.4 Å². The van der Waals surface area contributed by atoms with E-state index in [-0.39, 0.29) is 19.0 Å². The summed E-state index contributed by atoms with van der Waals surface area (Å²) in [6, 6.07) is 3.54. The Morgan fingerprint density at radius 1 is 1.10 bits per heavy atom. The molecule has 0 saturated heterocycles. The number of hydrogen-bond acceptors (Lipinski definition) is 6. The number of carbonyl (C=O) groups excluding carboxylic acids is 3. The van der Waals surface area contributed by atoms with Crippen LogP contribution in [0.25, 0.3) is 0 Å². The molecule has 0 aliphatic rings. The Bertz CT molecular complexity index is 479. The molecule has 0 aliphatic heterocycles. The fourth-order valence-electron chi connectivity index (χ4n) is 1.48. The second-order valence-electron chi connectivity index (χ2n) is 3.93. The van der Waals surface area contributed by atoms with E-state index >= 15 is 0 Å². The maximum Gasteiger partial charge on any atom is 0.325 e. The van der Waals surface area contributed by atoms with Gasteiger partial charge in [0.2, 0.25) is 0 Å². The highest BCUT2D eigenvalue weighted by molar-refractivity contribution is 7.14. The van der Waals surface area contributed by atoms with Crippen molar-refractivity contribution < 1.29 is 23.9 Å². The molecule has 1 amide bonds. The number of rotatable bonds is 6. The molecular weight excluding hydrogens is 282 g/mol. The van der Waals surface area contributed by atoms with Gasteiger partial charge in [-0.25, -0.2) is 0 Å². The van der Waals surface area contributed by atoms with Crippen molar-refractivity contribution in [2.45, 2.75) is 13.3 Å². The highest BCUT2D eigenvalue weighted by atomic mass is 32.1. The van der Waals surface area contributed by atoms with E-state index in [1.54, 1.807) is 6.07 Å². The third-order valence-electron chi connectivity index (χ3n) is 2.60. The lowest BCUT2D eigenvalue weighted by Gasteiger charge is -2.19. The van der Waals surface area contributed by atoms with E-state index in [4.69, 9.17) is 0 Å². The fraction of sp³-hybridized carbons (Fsp3) is 0.462. The van der Waals surface area contributed by atoms with E-state index in [0.717, 1.165) is 16.2 Å². The van der Waals surface area contributed by atoms with Crippen LogP contribution in [0.3, 0.4) is 0 Å². The number of carbonyl (C=O) groups is 3. The molecule has 20 heavy (non-hydrogen) atoms. The topological polar surface area (TPSA) is 72.9 Å². The molecule has 0 radical (unpaired) electrons. The van der Waals surface area contributed by atoms with Crippen LogP contribution in [-0.4, -0.2) is 50.1 Å². The Morgan fingerprint density at radius 2 is 1.65 bits per heavy atom. The Morgan fingerprint density at radius 3 is 2.05 bits per heavy atom. The Kier molecular flexibility index (Phi) is 6.17. The summed E-state index contributed by atoms with van der Waals surface area (Å²) in [6.07, 6.45) is 0.825. The van der Waals surface area contributed by atoms with Crippen LogP contribution in [0, 0.1) is 0 Å². The predicted octanol–water partition coefficient (Wildman–Crippen LogP) is 1.10. The van der Waals surface area contributed by atoms with Gasteiger partial charge >= 0.3 is 11.9 Å². The van der Waals surface area contributed by atoms with E-state index < -0.39 is 11.9 Å². The summed E-state index contributed by atoms with van der Waals surface area (Å²) in [5.74, 6) is -1.56. The van der Waals surface area contributed by atoms with Gasteiger partial charge in [-0.1, -0.05) is 6.92 Å². The fourth-order valence-corrected chi connectivity index (χ4v) is 2.39. The molecule has 1 heterocycles. The van der Waals surface area contributed by atoms with Crippen LogP contribution >= 0.6 is 11.3 Å². The number of ether oxygens (including phenoxy) is 2. The molecule has 1 aromatic heterocycles. The predicted molar refractivity (Wildman–Crippen MR) is 73.6 cm³/mol. The highest BCUT2D eigenvalue weighted by Gasteiger charge is 2.23. The van der Waals surface area contributed by atoms with Crippen molar-refractivity contribution in [2.75, 3.05) is 27.3 Å². The molecule has 0 bridgehead atoms. The standard InChI is InChI=1S/C13H17NO5S/c1-4-9-5-6-10(20-9)13(17)14(7-11(15)18-2)8-12(16)19-3/h5-6H,4,7-8H2,1-3H3. The van der Waals surface area contributed by atoms with Crippen LogP contribution in [-0.2, 0) is 25.5 Å². The molecule has 1 aromatic rings. The van der Waals surface area contributed by atoms with Gasteiger partial charge in [-0.15, -0.1) is 11.3 Å². The Labute approximate surface area is 121 Å². The molecular formula is C13H17NO5S. The first-order valence-corrected chi connectivity index (χ1v) is 6.85. The monoisotopic (exact) mass is 299 g/mol. The Hall–Kier alpha value is -1.89.